The van der Waals surface area contributed by atoms with Crippen molar-refractivity contribution in [3.63, 3.8) is 0 Å². The maximum Gasteiger partial charge on any atom is 0.127 e. The second-order valence-corrected chi connectivity index (χ2v) is 6.85. The molecule has 23 heavy (non-hydrogen) atoms. The van der Waals surface area contributed by atoms with Crippen LogP contribution in [0.4, 0.5) is 0 Å². The Labute approximate surface area is 142 Å². The van der Waals surface area contributed by atoms with Crippen molar-refractivity contribution < 1.29 is 0 Å². The molecule has 3 nitrogen and oxygen atoms in total. The predicted molar refractivity (Wildman–Crippen MR) is 96.7 cm³/mol. The molecule has 4 heteroatoms. The minimum absolute atomic E-state index is 0.0680. The SMILES string of the molecule is CC(C)C[C@H](N)c1nc2ccccc2n1Cc1cccc(Cl)c1. The average molecular weight is 328 g/mol. The minimum atomic E-state index is -0.0680. The molecule has 0 saturated heterocycles. The number of fused-ring (bicyclic) bond motifs is 1. The molecule has 0 aliphatic carbocycles. The van der Waals surface area contributed by atoms with E-state index in [2.05, 4.69) is 30.5 Å². The molecule has 1 heterocycles. The Morgan fingerprint density at radius 1 is 1.13 bits per heavy atom. The van der Waals surface area contributed by atoms with Gasteiger partial charge in [-0.1, -0.05) is 49.7 Å². The van der Waals surface area contributed by atoms with E-state index in [1.165, 1.54) is 0 Å². The monoisotopic (exact) mass is 327 g/mol. The highest BCUT2D eigenvalue weighted by Crippen LogP contribution is 2.25. The Kier molecular flexibility index (Phi) is 4.69. The predicted octanol–water partition coefficient (Wildman–Crippen LogP) is 4.78. The van der Waals surface area contributed by atoms with Gasteiger partial charge in [0.15, 0.2) is 0 Å². The van der Waals surface area contributed by atoms with Gasteiger partial charge in [-0.05, 0) is 42.2 Å². The van der Waals surface area contributed by atoms with Crippen LogP contribution in [0.5, 0.6) is 0 Å². The fourth-order valence-corrected chi connectivity index (χ4v) is 3.19. The van der Waals surface area contributed by atoms with E-state index in [1.54, 1.807) is 0 Å². The van der Waals surface area contributed by atoms with Gasteiger partial charge in [-0.15, -0.1) is 0 Å². The molecule has 0 bridgehead atoms. The second-order valence-electron chi connectivity index (χ2n) is 6.41. The summed E-state index contributed by atoms with van der Waals surface area (Å²) < 4.78 is 2.22. The Balaban J connectivity index is 2.05. The third-order valence-electron chi connectivity index (χ3n) is 3.97. The van der Waals surface area contributed by atoms with E-state index in [0.717, 1.165) is 40.4 Å². The summed E-state index contributed by atoms with van der Waals surface area (Å²) >= 11 is 6.12. The van der Waals surface area contributed by atoms with Crippen LogP contribution >= 0.6 is 11.6 Å². The number of para-hydroxylation sites is 2. The van der Waals surface area contributed by atoms with Crippen LogP contribution in [0.1, 0.15) is 37.7 Å². The van der Waals surface area contributed by atoms with Crippen LogP contribution in [0, 0.1) is 5.92 Å². The molecule has 0 fully saturated rings. The molecule has 1 atom stereocenters. The van der Waals surface area contributed by atoms with E-state index in [1.807, 2.05) is 36.4 Å². The van der Waals surface area contributed by atoms with Crippen LogP contribution in [-0.4, -0.2) is 9.55 Å². The van der Waals surface area contributed by atoms with Crippen LogP contribution < -0.4 is 5.73 Å². The smallest absolute Gasteiger partial charge is 0.127 e. The summed E-state index contributed by atoms with van der Waals surface area (Å²) in [4.78, 5) is 4.79. The Hall–Kier alpha value is -1.84. The number of halogens is 1. The van der Waals surface area contributed by atoms with Crippen LogP contribution in [-0.2, 0) is 6.54 Å². The van der Waals surface area contributed by atoms with Gasteiger partial charge in [-0.25, -0.2) is 4.98 Å². The third kappa shape index (κ3) is 3.57. The molecule has 1 aromatic heterocycles. The lowest BCUT2D eigenvalue weighted by atomic mass is 10.0. The number of hydrogen-bond donors (Lipinski definition) is 1. The van der Waals surface area contributed by atoms with Gasteiger partial charge < -0.3 is 10.3 Å². The number of hydrogen-bond acceptors (Lipinski definition) is 2. The van der Waals surface area contributed by atoms with Gasteiger partial charge in [0, 0.05) is 11.6 Å². The van der Waals surface area contributed by atoms with E-state index in [0.29, 0.717) is 5.92 Å². The van der Waals surface area contributed by atoms with E-state index < -0.39 is 0 Å². The summed E-state index contributed by atoms with van der Waals surface area (Å²) in [5.41, 5.74) is 9.69. The number of benzene rings is 2. The first kappa shape index (κ1) is 16.0. The van der Waals surface area contributed by atoms with Gasteiger partial charge in [0.1, 0.15) is 5.82 Å². The van der Waals surface area contributed by atoms with Crippen molar-refractivity contribution in [2.45, 2.75) is 32.9 Å². The van der Waals surface area contributed by atoms with Crippen LogP contribution in [0.25, 0.3) is 11.0 Å². The summed E-state index contributed by atoms with van der Waals surface area (Å²) in [6.07, 6.45) is 0.916. The lowest BCUT2D eigenvalue weighted by Crippen LogP contribution is -2.19. The van der Waals surface area contributed by atoms with Gasteiger partial charge in [0.05, 0.1) is 17.1 Å². The zero-order chi connectivity index (χ0) is 16.4. The van der Waals surface area contributed by atoms with Crippen LogP contribution in [0.15, 0.2) is 48.5 Å². The van der Waals surface area contributed by atoms with Crippen molar-refractivity contribution in [3.8, 4) is 0 Å². The maximum atomic E-state index is 6.43. The van der Waals surface area contributed by atoms with Crippen molar-refractivity contribution in [2.24, 2.45) is 11.7 Å². The molecular formula is C19H22ClN3. The van der Waals surface area contributed by atoms with Crippen molar-refractivity contribution in [3.05, 3.63) is 64.9 Å². The number of nitrogens with zero attached hydrogens (tertiary/aromatic N) is 2. The van der Waals surface area contributed by atoms with Gasteiger partial charge >= 0.3 is 0 Å². The first-order valence-electron chi connectivity index (χ1n) is 8.00. The Morgan fingerprint density at radius 2 is 1.91 bits per heavy atom. The number of nitrogens with two attached hydrogens (primary N) is 1. The third-order valence-corrected chi connectivity index (χ3v) is 4.21. The number of rotatable bonds is 5. The number of imidazole rings is 1. The molecular weight excluding hydrogens is 306 g/mol. The highest BCUT2D eigenvalue weighted by Gasteiger charge is 2.18. The molecule has 0 spiro atoms. The van der Waals surface area contributed by atoms with Crippen molar-refractivity contribution in [1.82, 2.24) is 9.55 Å². The van der Waals surface area contributed by atoms with Crippen LogP contribution in [0.3, 0.4) is 0 Å². The lowest BCUT2D eigenvalue weighted by Gasteiger charge is -2.16. The van der Waals surface area contributed by atoms with Crippen molar-refractivity contribution in [2.75, 3.05) is 0 Å². The summed E-state index contributed by atoms with van der Waals surface area (Å²) in [5.74, 6) is 1.48. The summed E-state index contributed by atoms with van der Waals surface area (Å²) in [5, 5.41) is 0.750. The Bertz CT molecular complexity index is 807. The number of aromatic nitrogens is 2. The molecule has 0 saturated carbocycles. The Morgan fingerprint density at radius 3 is 2.65 bits per heavy atom. The topological polar surface area (TPSA) is 43.8 Å². The molecule has 0 aliphatic heterocycles. The maximum absolute atomic E-state index is 6.43. The molecule has 0 radical (unpaired) electrons. The molecule has 3 rings (SSSR count). The molecule has 2 aromatic carbocycles. The summed E-state index contributed by atoms with van der Waals surface area (Å²) in [6.45, 7) is 5.09. The molecule has 120 valence electrons. The average Bonchev–Trinajstić information content (AvgIpc) is 2.86. The van der Waals surface area contributed by atoms with Crippen LogP contribution in [0.2, 0.25) is 5.02 Å². The highest BCUT2D eigenvalue weighted by molar-refractivity contribution is 6.30. The fraction of sp³-hybridized carbons (Fsp3) is 0.316. The summed E-state index contributed by atoms with van der Waals surface area (Å²) in [6, 6.07) is 16.1. The van der Waals surface area contributed by atoms with E-state index in [-0.39, 0.29) is 6.04 Å². The standard InChI is InChI=1S/C19H22ClN3/c1-13(2)10-16(21)19-22-17-8-3-4-9-18(17)23(19)12-14-6-5-7-15(20)11-14/h3-9,11,13,16H,10,12,21H2,1-2H3/t16-/m0/s1. The zero-order valence-electron chi connectivity index (χ0n) is 13.5. The van der Waals surface area contributed by atoms with E-state index in [9.17, 15) is 0 Å². The normalized spacial score (nSPS) is 12.9. The minimum Gasteiger partial charge on any atom is -0.322 e. The molecule has 0 aliphatic rings. The van der Waals surface area contributed by atoms with Gasteiger partial charge in [-0.3, -0.25) is 0 Å². The molecule has 0 unspecified atom stereocenters. The van der Waals surface area contributed by atoms with E-state index in [4.69, 9.17) is 22.3 Å². The quantitative estimate of drug-likeness (QED) is 0.732. The van der Waals surface area contributed by atoms with Gasteiger partial charge in [0.25, 0.3) is 0 Å². The summed E-state index contributed by atoms with van der Waals surface area (Å²) in [7, 11) is 0. The lowest BCUT2D eigenvalue weighted by molar-refractivity contribution is 0.481. The molecule has 2 N–H and O–H groups in total. The highest BCUT2D eigenvalue weighted by atomic mass is 35.5. The van der Waals surface area contributed by atoms with Gasteiger partial charge in [0.2, 0.25) is 0 Å². The van der Waals surface area contributed by atoms with Crippen molar-refractivity contribution >= 4 is 22.6 Å². The first-order valence-corrected chi connectivity index (χ1v) is 8.37. The zero-order valence-corrected chi connectivity index (χ0v) is 14.3. The van der Waals surface area contributed by atoms with Gasteiger partial charge in [-0.2, -0.15) is 0 Å². The fourth-order valence-electron chi connectivity index (χ4n) is 2.97. The van der Waals surface area contributed by atoms with Crippen molar-refractivity contribution in [1.29, 1.82) is 0 Å². The second kappa shape index (κ2) is 6.73. The molecule has 0 amide bonds. The largest absolute Gasteiger partial charge is 0.322 e. The molecule has 3 aromatic rings. The first-order chi connectivity index (χ1) is 11.0. The van der Waals surface area contributed by atoms with E-state index >= 15 is 0 Å².